The van der Waals surface area contributed by atoms with Crippen LogP contribution in [0.4, 0.5) is 5.69 Å². The zero-order valence-corrected chi connectivity index (χ0v) is 8.13. The van der Waals surface area contributed by atoms with Crippen molar-refractivity contribution in [3.8, 4) is 5.75 Å². The maximum atomic E-state index is 10.3. The number of hydrogen-bond donors (Lipinski definition) is 2. The monoisotopic (exact) mass is 225 g/mol. The lowest BCUT2D eigenvalue weighted by atomic mass is 10.3. The molecule has 1 aromatic rings. The molecule has 5 nitrogen and oxygen atoms in total. The van der Waals surface area contributed by atoms with Crippen LogP contribution in [0.3, 0.4) is 0 Å². The molecule has 0 aliphatic carbocycles. The average Bonchev–Trinajstić information content (AvgIpc) is 1.96. The molecule has 0 aliphatic heterocycles. The smallest absolute Gasteiger partial charge is 0.313 e. The van der Waals surface area contributed by atoms with Gasteiger partial charge in [-0.3, -0.25) is 10.1 Å². The zero-order valence-electron chi connectivity index (χ0n) is 6.62. The van der Waals surface area contributed by atoms with Crippen LogP contribution in [0.15, 0.2) is 12.1 Å². The Morgan fingerprint density at radius 1 is 1.38 bits per heavy atom. The highest BCUT2D eigenvalue weighted by molar-refractivity contribution is 6.36. The van der Waals surface area contributed by atoms with Gasteiger partial charge in [0, 0.05) is 11.1 Å². The number of quaternary nitrogens is 1. The van der Waals surface area contributed by atoms with Crippen molar-refractivity contribution < 1.29 is 10.0 Å². The van der Waals surface area contributed by atoms with Crippen molar-refractivity contribution in [2.24, 2.45) is 0 Å². The van der Waals surface area contributed by atoms with Gasteiger partial charge in [-0.15, -0.1) is 0 Å². The van der Waals surface area contributed by atoms with Crippen molar-refractivity contribution in [1.29, 1.82) is 0 Å². The quantitative estimate of drug-likeness (QED) is 0.568. The molecule has 0 atom stereocenters. The third kappa shape index (κ3) is 2.45. The summed E-state index contributed by atoms with van der Waals surface area (Å²) in [6.07, 6.45) is 0. The lowest BCUT2D eigenvalue weighted by molar-refractivity contribution is -0.385. The second kappa shape index (κ2) is 4.27. The van der Waals surface area contributed by atoms with Crippen molar-refractivity contribution in [2.75, 3.05) is 0 Å². The first-order chi connectivity index (χ1) is 5.52. The number of benzene rings is 1. The van der Waals surface area contributed by atoms with Crippen molar-refractivity contribution in [1.82, 2.24) is 6.15 Å². The number of nitro benzene ring substituents is 1. The van der Waals surface area contributed by atoms with Gasteiger partial charge >= 0.3 is 5.69 Å². The van der Waals surface area contributed by atoms with Crippen molar-refractivity contribution in [3.63, 3.8) is 0 Å². The highest BCUT2D eigenvalue weighted by Crippen LogP contribution is 2.36. The molecule has 0 radical (unpaired) electrons. The number of phenols is 1. The Labute approximate surface area is 83.6 Å². The Bertz CT molecular complexity index is 343. The van der Waals surface area contributed by atoms with Gasteiger partial charge in [-0.2, -0.15) is 0 Å². The molecular formula is C6H7Cl2N2O3+. The van der Waals surface area contributed by atoms with Crippen LogP contribution in [0.25, 0.3) is 0 Å². The van der Waals surface area contributed by atoms with Gasteiger partial charge in [-0.1, -0.05) is 23.2 Å². The van der Waals surface area contributed by atoms with E-state index in [9.17, 15) is 10.1 Å². The third-order valence-electron chi connectivity index (χ3n) is 1.20. The number of nitrogens with zero attached hydrogens (tertiary/aromatic N) is 1. The lowest BCUT2D eigenvalue weighted by Crippen LogP contribution is -1.88. The molecule has 1 aromatic carbocycles. The van der Waals surface area contributed by atoms with Gasteiger partial charge in [0.15, 0.2) is 0 Å². The molecule has 0 aromatic heterocycles. The van der Waals surface area contributed by atoms with E-state index in [4.69, 9.17) is 28.3 Å². The number of phenolic OH excluding ortho intramolecular Hbond substituents is 1. The fraction of sp³-hybridized carbons (Fsp3) is 0. The van der Waals surface area contributed by atoms with Crippen molar-refractivity contribution >= 4 is 28.9 Å². The topological polar surface area (TPSA) is 99.9 Å². The van der Waals surface area contributed by atoms with Crippen LogP contribution < -0.4 is 6.15 Å². The van der Waals surface area contributed by atoms with E-state index >= 15 is 0 Å². The summed E-state index contributed by atoms with van der Waals surface area (Å²) >= 11 is 10.9. The molecule has 0 heterocycles. The largest absolute Gasteiger partial charge is 0.501 e. The van der Waals surface area contributed by atoms with Crippen molar-refractivity contribution in [3.05, 3.63) is 32.3 Å². The lowest BCUT2D eigenvalue weighted by Gasteiger charge is -1.98. The summed E-state index contributed by atoms with van der Waals surface area (Å²) in [5.41, 5.74) is -0.493. The van der Waals surface area contributed by atoms with Crippen LogP contribution in [0.5, 0.6) is 5.75 Å². The molecule has 72 valence electrons. The highest BCUT2D eigenvalue weighted by Gasteiger charge is 2.17. The molecule has 0 saturated carbocycles. The summed E-state index contributed by atoms with van der Waals surface area (Å²) < 4.78 is 0. The number of aromatic hydroxyl groups is 1. The molecule has 0 spiro atoms. The van der Waals surface area contributed by atoms with Gasteiger partial charge in [0.2, 0.25) is 5.75 Å². The normalized spacial score (nSPS) is 9.08. The van der Waals surface area contributed by atoms with Crippen LogP contribution in [-0.2, 0) is 0 Å². The van der Waals surface area contributed by atoms with E-state index in [1.807, 2.05) is 0 Å². The van der Waals surface area contributed by atoms with E-state index < -0.39 is 16.4 Å². The van der Waals surface area contributed by atoms with Gasteiger partial charge in [-0.05, 0) is 6.07 Å². The van der Waals surface area contributed by atoms with E-state index in [0.29, 0.717) is 0 Å². The summed E-state index contributed by atoms with van der Waals surface area (Å²) in [4.78, 5) is 9.50. The van der Waals surface area contributed by atoms with E-state index in [-0.39, 0.29) is 16.2 Å². The number of rotatable bonds is 1. The number of hydrogen-bond acceptors (Lipinski definition) is 3. The molecule has 0 amide bonds. The SMILES string of the molecule is O=[N+]([O-])c1cc(Cl)cc(Cl)c1O.[NH4+]. The fourth-order valence-electron chi connectivity index (χ4n) is 0.692. The van der Waals surface area contributed by atoms with E-state index in [1.54, 1.807) is 0 Å². The molecule has 5 N–H and O–H groups in total. The van der Waals surface area contributed by atoms with Gasteiger partial charge in [0.1, 0.15) is 0 Å². The van der Waals surface area contributed by atoms with Crippen molar-refractivity contribution in [2.45, 2.75) is 0 Å². The molecule has 7 heteroatoms. The minimum atomic E-state index is -0.757. The van der Waals surface area contributed by atoms with Crippen LogP contribution in [-0.4, -0.2) is 10.0 Å². The molecule has 0 bridgehead atoms. The van der Waals surface area contributed by atoms with E-state index in [0.717, 1.165) is 6.07 Å². The summed E-state index contributed by atoms with van der Waals surface area (Å²) in [6.45, 7) is 0. The predicted octanol–water partition coefficient (Wildman–Crippen LogP) is 2.98. The average molecular weight is 226 g/mol. The van der Waals surface area contributed by atoms with Gasteiger partial charge in [0.25, 0.3) is 0 Å². The molecule has 0 unspecified atom stereocenters. The van der Waals surface area contributed by atoms with Crippen LogP contribution in [0.1, 0.15) is 0 Å². The third-order valence-corrected chi connectivity index (χ3v) is 1.71. The maximum Gasteiger partial charge on any atom is 0.313 e. The molecule has 1 rings (SSSR count). The first kappa shape index (κ1) is 12.0. The Hall–Kier alpha value is -1.04. The summed E-state index contributed by atoms with van der Waals surface area (Å²) in [5, 5.41) is 19.3. The van der Waals surface area contributed by atoms with E-state index in [2.05, 4.69) is 0 Å². The Balaban J connectivity index is 0.00000144. The Kier molecular flexibility index (Phi) is 3.93. The highest BCUT2D eigenvalue weighted by atomic mass is 35.5. The second-order valence-electron chi connectivity index (χ2n) is 2.01. The Morgan fingerprint density at radius 2 is 1.92 bits per heavy atom. The Morgan fingerprint density at radius 3 is 2.38 bits per heavy atom. The molecule has 13 heavy (non-hydrogen) atoms. The van der Waals surface area contributed by atoms with Crippen LogP contribution >= 0.6 is 23.2 Å². The van der Waals surface area contributed by atoms with Crippen LogP contribution in [0.2, 0.25) is 10.0 Å². The minimum Gasteiger partial charge on any atom is -0.501 e. The molecule has 0 aliphatic rings. The molecule has 0 fully saturated rings. The molecular weight excluding hydrogens is 219 g/mol. The maximum absolute atomic E-state index is 10.3. The number of nitro groups is 1. The van der Waals surface area contributed by atoms with Gasteiger partial charge in [0.05, 0.1) is 9.95 Å². The van der Waals surface area contributed by atoms with Gasteiger partial charge in [-0.25, -0.2) is 0 Å². The second-order valence-corrected chi connectivity index (χ2v) is 2.86. The minimum absolute atomic E-state index is 0. The fourth-order valence-corrected chi connectivity index (χ4v) is 1.17. The zero-order chi connectivity index (χ0) is 9.30. The van der Waals surface area contributed by atoms with Crippen LogP contribution in [0, 0.1) is 10.1 Å². The standard InChI is InChI=1S/C6H3Cl2NO3.H3N/c7-3-1-4(8)6(10)5(2-3)9(11)12;/h1-2,10H;1H3/p+1. The first-order valence-corrected chi connectivity index (χ1v) is 3.60. The first-order valence-electron chi connectivity index (χ1n) is 2.85. The predicted molar refractivity (Wildman–Crippen MR) is 50.8 cm³/mol. The van der Waals surface area contributed by atoms with Gasteiger partial charge < -0.3 is 11.3 Å². The molecule has 0 saturated heterocycles. The number of halogens is 2. The summed E-state index contributed by atoms with van der Waals surface area (Å²) in [6, 6.07) is 2.26. The summed E-state index contributed by atoms with van der Waals surface area (Å²) in [5.74, 6) is -0.564. The van der Waals surface area contributed by atoms with E-state index in [1.165, 1.54) is 6.07 Å². The summed E-state index contributed by atoms with van der Waals surface area (Å²) in [7, 11) is 0.